The number of aromatic hydroxyl groups is 1. The van der Waals surface area contributed by atoms with E-state index in [4.69, 9.17) is 0 Å². The van der Waals surface area contributed by atoms with E-state index < -0.39 is 0 Å². The molecule has 0 bridgehead atoms. The number of benzene rings is 1. The van der Waals surface area contributed by atoms with Gasteiger partial charge in [0.2, 0.25) is 5.91 Å². The van der Waals surface area contributed by atoms with Gasteiger partial charge in [0.15, 0.2) is 0 Å². The van der Waals surface area contributed by atoms with Gasteiger partial charge in [0.05, 0.1) is 6.42 Å². The van der Waals surface area contributed by atoms with Crippen molar-refractivity contribution in [1.29, 1.82) is 0 Å². The third-order valence-electron chi connectivity index (χ3n) is 3.19. The summed E-state index contributed by atoms with van der Waals surface area (Å²) in [5.41, 5.74) is 0.924. The number of hydrogen-bond acceptors (Lipinski definition) is 2. The number of rotatable bonds is 3. The minimum atomic E-state index is -0.0166. The first-order chi connectivity index (χ1) is 7.49. The third-order valence-corrected chi connectivity index (χ3v) is 3.19. The van der Waals surface area contributed by atoms with Crippen LogP contribution in [0.4, 0.5) is 0 Å². The van der Waals surface area contributed by atoms with Gasteiger partial charge in [-0.05, 0) is 17.9 Å². The molecule has 1 fully saturated rings. The molecule has 1 aliphatic carbocycles. The van der Waals surface area contributed by atoms with Crippen LogP contribution in [0, 0.1) is 5.41 Å². The molecule has 16 heavy (non-hydrogen) atoms. The summed E-state index contributed by atoms with van der Waals surface area (Å²) in [4.78, 5) is 11.7. The molecule has 2 rings (SSSR count). The number of amides is 1. The fourth-order valence-corrected chi connectivity index (χ4v) is 1.79. The van der Waals surface area contributed by atoms with Gasteiger partial charge in [-0.25, -0.2) is 0 Å². The summed E-state index contributed by atoms with van der Waals surface area (Å²) in [7, 11) is 0. The highest BCUT2D eigenvalue weighted by molar-refractivity contribution is 5.80. The third kappa shape index (κ3) is 2.35. The van der Waals surface area contributed by atoms with Gasteiger partial charge in [-0.15, -0.1) is 0 Å². The fourth-order valence-electron chi connectivity index (χ4n) is 1.79. The van der Waals surface area contributed by atoms with Gasteiger partial charge in [-0.3, -0.25) is 4.79 Å². The summed E-state index contributed by atoms with van der Waals surface area (Å²) in [5.74, 6) is 0.171. The monoisotopic (exact) mass is 219 g/mol. The second kappa shape index (κ2) is 3.81. The normalized spacial score (nSPS) is 21.5. The molecule has 1 unspecified atom stereocenters. The van der Waals surface area contributed by atoms with Gasteiger partial charge in [0, 0.05) is 11.6 Å². The quantitative estimate of drug-likeness (QED) is 0.815. The summed E-state index contributed by atoms with van der Waals surface area (Å²) in [5, 5.41) is 12.5. The minimum absolute atomic E-state index is 0.0166. The topological polar surface area (TPSA) is 49.3 Å². The zero-order valence-electron chi connectivity index (χ0n) is 9.66. The van der Waals surface area contributed by atoms with Gasteiger partial charge < -0.3 is 10.4 Å². The average molecular weight is 219 g/mol. The van der Waals surface area contributed by atoms with Crippen molar-refractivity contribution in [2.75, 3.05) is 0 Å². The van der Waals surface area contributed by atoms with Crippen LogP contribution >= 0.6 is 0 Å². The molecule has 1 aromatic carbocycles. The summed E-state index contributed by atoms with van der Waals surface area (Å²) in [6, 6.07) is 7.24. The largest absolute Gasteiger partial charge is 0.508 e. The molecule has 0 saturated heterocycles. The van der Waals surface area contributed by atoms with E-state index in [9.17, 15) is 9.90 Å². The van der Waals surface area contributed by atoms with Crippen LogP contribution in [-0.2, 0) is 11.2 Å². The maximum atomic E-state index is 11.7. The van der Waals surface area contributed by atoms with E-state index in [-0.39, 0.29) is 23.5 Å². The first-order valence-electron chi connectivity index (χ1n) is 5.55. The molecule has 0 radical (unpaired) electrons. The van der Waals surface area contributed by atoms with Crippen molar-refractivity contribution < 1.29 is 9.90 Å². The molecule has 2 N–H and O–H groups in total. The van der Waals surface area contributed by atoms with E-state index >= 15 is 0 Å². The van der Waals surface area contributed by atoms with Gasteiger partial charge in [-0.1, -0.05) is 32.0 Å². The predicted octanol–water partition coefficient (Wildman–Crippen LogP) is 1.85. The average Bonchev–Trinajstić information content (AvgIpc) is 2.77. The number of carbonyl (C=O) groups excluding carboxylic acids is 1. The number of carbonyl (C=O) groups is 1. The summed E-state index contributed by atoms with van der Waals surface area (Å²) < 4.78 is 0. The Morgan fingerprint density at radius 3 is 2.69 bits per heavy atom. The van der Waals surface area contributed by atoms with E-state index in [1.807, 2.05) is 6.07 Å². The lowest BCUT2D eigenvalue weighted by Crippen LogP contribution is -2.29. The summed E-state index contributed by atoms with van der Waals surface area (Å²) >= 11 is 0. The van der Waals surface area contributed by atoms with Crippen LogP contribution in [0.2, 0.25) is 0 Å². The van der Waals surface area contributed by atoms with Crippen LogP contribution in [0.1, 0.15) is 25.8 Å². The van der Waals surface area contributed by atoms with Gasteiger partial charge in [0.25, 0.3) is 0 Å². The van der Waals surface area contributed by atoms with Gasteiger partial charge in [-0.2, -0.15) is 0 Å². The number of phenolic OH excluding ortho intramolecular Hbond substituents is 1. The molecular weight excluding hydrogens is 202 g/mol. The minimum Gasteiger partial charge on any atom is -0.508 e. The van der Waals surface area contributed by atoms with Crippen LogP contribution in [0.15, 0.2) is 24.3 Å². The molecule has 86 valence electrons. The zero-order valence-corrected chi connectivity index (χ0v) is 9.66. The molecule has 3 heteroatoms. The zero-order chi connectivity index (χ0) is 11.8. The van der Waals surface area contributed by atoms with Crippen LogP contribution in [-0.4, -0.2) is 17.1 Å². The Morgan fingerprint density at radius 2 is 2.12 bits per heavy atom. The highest BCUT2D eigenvalue weighted by atomic mass is 16.3. The SMILES string of the molecule is CC1(C)CC1NC(=O)Cc1ccccc1O. The van der Waals surface area contributed by atoms with Crippen LogP contribution in [0.3, 0.4) is 0 Å². The number of hydrogen-bond donors (Lipinski definition) is 2. The van der Waals surface area contributed by atoms with Crippen LogP contribution < -0.4 is 5.32 Å². The highest BCUT2D eigenvalue weighted by Crippen LogP contribution is 2.44. The number of phenols is 1. The van der Waals surface area contributed by atoms with Gasteiger partial charge >= 0.3 is 0 Å². The first-order valence-corrected chi connectivity index (χ1v) is 5.55. The van der Waals surface area contributed by atoms with Crippen molar-refractivity contribution >= 4 is 5.91 Å². The van der Waals surface area contributed by atoms with Crippen LogP contribution in [0.25, 0.3) is 0 Å². The number of nitrogens with one attached hydrogen (secondary N) is 1. The first kappa shape index (κ1) is 11.0. The van der Waals surface area contributed by atoms with E-state index in [0.29, 0.717) is 11.6 Å². The van der Waals surface area contributed by atoms with E-state index in [0.717, 1.165) is 6.42 Å². The Bertz CT molecular complexity index is 412. The highest BCUT2D eigenvalue weighted by Gasteiger charge is 2.46. The molecule has 1 aliphatic rings. The van der Waals surface area contributed by atoms with Crippen molar-refractivity contribution in [2.45, 2.75) is 32.7 Å². The lowest BCUT2D eigenvalue weighted by Gasteiger charge is -2.07. The summed E-state index contributed by atoms with van der Waals surface area (Å²) in [6.45, 7) is 4.27. The Labute approximate surface area is 95.5 Å². The lowest BCUT2D eigenvalue weighted by molar-refractivity contribution is -0.120. The van der Waals surface area contributed by atoms with E-state index in [1.54, 1.807) is 18.2 Å². The molecule has 1 atom stereocenters. The second-order valence-corrected chi connectivity index (χ2v) is 5.12. The lowest BCUT2D eigenvalue weighted by atomic mass is 10.1. The molecular formula is C13H17NO2. The maximum absolute atomic E-state index is 11.7. The molecule has 0 aliphatic heterocycles. The predicted molar refractivity (Wildman–Crippen MR) is 62.1 cm³/mol. The second-order valence-electron chi connectivity index (χ2n) is 5.12. The molecule has 0 heterocycles. The van der Waals surface area contributed by atoms with Crippen molar-refractivity contribution in [3.63, 3.8) is 0 Å². The van der Waals surface area contributed by atoms with E-state index in [2.05, 4.69) is 19.2 Å². The van der Waals surface area contributed by atoms with Crippen molar-refractivity contribution in [3.8, 4) is 5.75 Å². The fraction of sp³-hybridized carbons (Fsp3) is 0.462. The molecule has 3 nitrogen and oxygen atoms in total. The standard InChI is InChI=1S/C13H17NO2/c1-13(2)8-11(13)14-12(16)7-9-5-3-4-6-10(9)15/h3-6,11,15H,7-8H2,1-2H3,(H,14,16). The van der Waals surface area contributed by atoms with Crippen LogP contribution in [0.5, 0.6) is 5.75 Å². The van der Waals surface area contributed by atoms with Gasteiger partial charge in [0.1, 0.15) is 5.75 Å². The molecule has 0 spiro atoms. The Morgan fingerprint density at radius 1 is 1.50 bits per heavy atom. The Kier molecular flexibility index (Phi) is 2.62. The van der Waals surface area contributed by atoms with E-state index in [1.165, 1.54) is 0 Å². The molecule has 1 amide bonds. The summed E-state index contributed by atoms with van der Waals surface area (Å²) in [6.07, 6.45) is 1.29. The number of para-hydroxylation sites is 1. The molecule has 0 aromatic heterocycles. The van der Waals surface area contributed by atoms with Crippen molar-refractivity contribution in [1.82, 2.24) is 5.32 Å². The van der Waals surface area contributed by atoms with Crippen molar-refractivity contribution in [2.24, 2.45) is 5.41 Å². The molecule has 1 saturated carbocycles. The van der Waals surface area contributed by atoms with Crippen molar-refractivity contribution in [3.05, 3.63) is 29.8 Å². The Balaban J connectivity index is 1.91. The Hall–Kier alpha value is -1.51. The maximum Gasteiger partial charge on any atom is 0.224 e. The smallest absolute Gasteiger partial charge is 0.224 e. The molecule has 1 aromatic rings.